The molecular weight excluding hydrogens is 309 g/mol. The molecule has 0 saturated carbocycles. The van der Waals surface area contributed by atoms with Gasteiger partial charge in [-0.1, -0.05) is 35.3 Å². The Morgan fingerprint density at radius 2 is 1.90 bits per heavy atom. The molecule has 21 heavy (non-hydrogen) atoms. The molecule has 0 aliphatic heterocycles. The van der Waals surface area contributed by atoms with Crippen molar-refractivity contribution in [3.05, 3.63) is 62.5 Å². The smallest absolute Gasteiger partial charge is 0.135 e. The van der Waals surface area contributed by atoms with Crippen LogP contribution in [0, 0.1) is 16.2 Å². The van der Waals surface area contributed by atoms with Gasteiger partial charge in [-0.3, -0.25) is 4.99 Å². The molecule has 0 aliphatic rings. The third kappa shape index (κ3) is 3.88. The van der Waals surface area contributed by atoms with Crippen molar-refractivity contribution < 1.29 is 0 Å². The molecule has 0 aliphatic carbocycles. The molecule has 0 heterocycles. The summed E-state index contributed by atoms with van der Waals surface area (Å²) in [5.74, 6) is 0. The standard InChI is InChI=1S/C15H9Cl2N3O/c16-12-7-11(15(20-21)14(17)8-12)9-19-13-3-1-10(2-4-13)5-6-18/h1-4,7-9H,5H2/b19-9+. The van der Waals surface area contributed by atoms with E-state index in [1.54, 1.807) is 18.2 Å². The van der Waals surface area contributed by atoms with Crippen molar-refractivity contribution in [3.8, 4) is 6.07 Å². The van der Waals surface area contributed by atoms with Crippen molar-refractivity contribution in [2.45, 2.75) is 6.42 Å². The highest BCUT2D eigenvalue weighted by Gasteiger charge is 2.08. The van der Waals surface area contributed by atoms with Gasteiger partial charge in [-0.2, -0.15) is 5.26 Å². The lowest BCUT2D eigenvalue weighted by Gasteiger charge is -2.01. The van der Waals surface area contributed by atoms with E-state index in [1.807, 2.05) is 12.1 Å². The van der Waals surface area contributed by atoms with Crippen LogP contribution in [0.15, 0.2) is 46.6 Å². The summed E-state index contributed by atoms with van der Waals surface area (Å²) in [7, 11) is 0. The summed E-state index contributed by atoms with van der Waals surface area (Å²) in [6, 6.07) is 12.3. The van der Waals surface area contributed by atoms with Crippen LogP contribution >= 0.6 is 23.2 Å². The number of benzene rings is 2. The molecule has 0 radical (unpaired) electrons. The van der Waals surface area contributed by atoms with Crippen LogP contribution in [0.4, 0.5) is 11.4 Å². The highest BCUT2D eigenvalue weighted by Crippen LogP contribution is 2.31. The summed E-state index contributed by atoms with van der Waals surface area (Å²) in [5.41, 5.74) is 2.15. The Hall–Kier alpha value is -2.22. The number of hydrogen-bond acceptors (Lipinski definition) is 4. The predicted molar refractivity (Wildman–Crippen MR) is 84.9 cm³/mol. The molecule has 6 heteroatoms. The van der Waals surface area contributed by atoms with Gasteiger partial charge in [0.15, 0.2) is 0 Å². The van der Waals surface area contributed by atoms with Gasteiger partial charge in [0.25, 0.3) is 0 Å². The monoisotopic (exact) mass is 317 g/mol. The fourth-order valence-electron chi connectivity index (χ4n) is 1.72. The summed E-state index contributed by atoms with van der Waals surface area (Å²) in [5, 5.41) is 12.1. The van der Waals surface area contributed by atoms with Crippen LogP contribution in [0.2, 0.25) is 10.0 Å². The molecule has 0 spiro atoms. The molecule has 0 unspecified atom stereocenters. The van der Waals surface area contributed by atoms with E-state index in [2.05, 4.69) is 16.2 Å². The quantitative estimate of drug-likeness (QED) is 0.574. The number of nitriles is 1. The van der Waals surface area contributed by atoms with Gasteiger partial charge in [0.05, 0.1) is 23.2 Å². The van der Waals surface area contributed by atoms with Gasteiger partial charge in [-0.15, -0.1) is 4.91 Å². The molecule has 0 aromatic heterocycles. The summed E-state index contributed by atoms with van der Waals surface area (Å²) < 4.78 is 0. The lowest BCUT2D eigenvalue weighted by Crippen LogP contribution is -1.84. The van der Waals surface area contributed by atoms with E-state index >= 15 is 0 Å². The molecule has 0 N–H and O–H groups in total. The zero-order valence-electron chi connectivity index (χ0n) is 10.8. The molecule has 0 fully saturated rings. The van der Waals surface area contributed by atoms with Crippen molar-refractivity contribution in [2.24, 2.45) is 10.2 Å². The molecule has 2 rings (SSSR count). The minimum atomic E-state index is 0.103. The average molecular weight is 318 g/mol. The van der Waals surface area contributed by atoms with E-state index in [4.69, 9.17) is 28.5 Å². The predicted octanol–water partition coefficient (Wildman–Crippen LogP) is 5.21. The fraction of sp³-hybridized carbons (Fsp3) is 0.0667. The lowest BCUT2D eigenvalue weighted by molar-refractivity contribution is 1.26. The number of hydrogen-bond donors (Lipinski definition) is 0. The van der Waals surface area contributed by atoms with E-state index in [0.717, 1.165) is 5.56 Å². The van der Waals surface area contributed by atoms with Crippen LogP contribution in [0.25, 0.3) is 0 Å². The third-order valence-corrected chi connectivity index (χ3v) is 3.23. The Bertz CT molecular complexity index is 734. The van der Waals surface area contributed by atoms with E-state index in [-0.39, 0.29) is 10.7 Å². The molecular formula is C15H9Cl2N3O. The van der Waals surface area contributed by atoms with Crippen molar-refractivity contribution in [3.63, 3.8) is 0 Å². The van der Waals surface area contributed by atoms with Crippen LogP contribution in [0.1, 0.15) is 11.1 Å². The number of halogens is 2. The maximum Gasteiger partial charge on any atom is 0.135 e. The second-order valence-corrected chi connectivity index (χ2v) is 5.02. The van der Waals surface area contributed by atoms with Gasteiger partial charge < -0.3 is 0 Å². The zero-order chi connectivity index (χ0) is 15.2. The molecule has 0 saturated heterocycles. The number of rotatable bonds is 4. The third-order valence-electron chi connectivity index (χ3n) is 2.72. The maximum atomic E-state index is 10.8. The van der Waals surface area contributed by atoms with Crippen LogP contribution in [0.5, 0.6) is 0 Å². The lowest BCUT2D eigenvalue weighted by atomic mass is 10.1. The maximum absolute atomic E-state index is 10.8. The van der Waals surface area contributed by atoms with Gasteiger partial charge in [0.1, 0.15) is 5.69 Å². The van der Waals surface area contributed by atoms with Crippen molar-refractivity contribution in [1.29, 1.82) is 5.26 Å². The summed E-state index contributed by atoms with van der Waals surface area (Å²) in [4.78, 5) is 15.1. The van der Waals surface area contributed by atoms with Crippen molar-refractivity contribution in [2.75, 3.05) is 0 Å². The van der Waals surface area contributed by atoms with Crippen LogP contribution < -0.4 is 0 Å². The Morgan fingerprint density at radius 3 is 2.52 bits per heavy atom. The minimum absolute atomic E-state index is 0.103. The second kappa shape index (κ2) is 6.98. The summed E-state index contributed by atoms with van der Waals surface area (Å²) >= 11 is 11.8. The first-order valence-electron chi connectivity index (χ1n) is 5.96. The summed E-state index contributed by atoms with van der Waals surface area (Å²) in [6.07, 6.45) is 1.83. The van der Waals surface area contributed by atoms with Crippen LogP contribution in [-0.2, 0) is 6.42 Å². The average Bonchev–Trinajstić information content (AvgIpc) is 2.46. The SMILES string of the molecule is N#CCc1ccc(/N=C/c2cc(Cl)cc(Cl)c2N=O)cc1. The van der Waals surface area contributed by atoms with Crippen molar-refractivity contribution >= 4 is 40.8 Å². The molecule has 104 valence electrons. The highest BCUT2D eigenvalue weighted by molar-refractivity contribution is 6.37. The Kier molecular flexibility index (Phi) is 5.04. The highest BCUT2D eigenvalue weighted by atomic mass is 35.5. The minimum Gasteiger partial charge on any atom is -0.256 e. The summed E-state index contributed by atoms with van der Waals surface area (Å²) in [6.45, 7) is 0. The first-order chi connectivity index (χ1) is 10.1. The molecule has 0 amide bonds. The molecule has 4 nitrogen and oxygen atoms in total. The van der Waals surface area contributed by atoms with Gasteiger partial charge in [0, 0.05) is 16.8 Å². The Labute approximate surface area is 131 Å². The number of aliphatic imine (C=N–C) groups is 1. The molecule has 2 aromatic rings. The van der Waals surface area contributed by atoms with Gasteiger partial charge in [-0.25, -0.2) is 0 Å². The van der Waals surface area contributed by atoms with Crippen LogP contribution in [0.3, 0.4) is 0 Å². The van der Waals surface area contributed by atoms with E-state index in [9.17, 15) is 4.91 Å². The molecule has 2 aromatic carbocycles. The fourth-order valence-corrected chi connectivity index (χ4v) is 2.26. The molecule has 0 bridgehead atoms. The van der Waals surface area contributed by atoms with E-state index < -0.39 is 0 Å². The first kappa shape index (κ1) is 15.2. The normalized spacial score (nSPS) is 10.5. The van der Waals surface area contributed by atoms with Gasteiger partial charge in [-0.05, 0) is 35.0 Å². The first-order valence-corrected chi connectivity index (χ1v) is 6.72. The number of nitrogens with zero attached hydrogens (tertiary/aromatic N) is 3. The van der Waals surface area contributed by atoms with Gasteiger partial charge >= 0.3 is 0 Å². The topological polar surface area (TPSA) is 65.6 Å². The van der Waals surface area contributed by atoms with E-state index in [1.165, 1.54) is 12.3 Å². The zero-order valence-corrected chi connectivity index (χ0v) is 12.3. The Balaban J connectivity index is 2.29. The van der Waals surface area contributed by atoms with Crippen LogP contribution in [-0.4, -0.2) is 6.21 Å². The van der Waals surface area contributed by atoms with Gasteiger partial charge in [0.2, 0.25) is 0 Å². The van der Waals surface area contributed by atoms with E-state index in [0.29, 0.717) is 22.7 Å². The second-order valence-electron chi connectivity index (χ2n) is 4.18. The number of nitroso groups, excluding NO2 is 1. The Morgan fingerprint density at radius 1 is 1.19 bits per heavy atom. The molecule has 0 atom stereocenters. The largest absolute Gasteiger partial charge is 0.256 e. The van der Waals surface area contributed by atoms with Crippen molar-refractivity contribution in [1.82, 2.24) is 0 Å².